The average molecular weight is 255 g/mol. The van der Waals surface area contributed by atoms with E-state index in [2.05, 4.69) is 39.4 Å². The third kappa shape index (κ3) is 2.01. The van der Waals surface area contributed by atoms with Crippen LogP contribution in [0, 0.1) is 27.7 Å². The zero-order valence-corrected chi connectivity index (χ0v) is 11.7. The lowest BCUT2D eigenvalue weighted by Crippen LogP contribution is -2.00. The van der Waals surface area contributed by atoms with Crippen molar-refractivity contribution in [1.82, 2.24) is 23.9 Å². The van der Waals surface area contributed by atoms with Gasteiger partial charge in [-0.1, -0.05) is 0 Å². The van der Waals surface area contributed by atoms with Gasteiger partial charge in [-0.3, -0.25) is 4.40 Å². The van der Waals surface area contributed by atoms with E-state index in [4.69, 9.17) is 0 Å². The highest BCUT2D eigenvalue weighted by Gasteiger charge is 2.08. The first kappa shape index (κ1) is 11.9. The fourth-order valence-electron chi connectivity index (χ4n) is 2.27. The highest BCUT2D eigenvalue weighted by Crippen LogP contribution is 2.11. The number of aromatic nitrogens is 5. The minimum atomic E-state index is 0.731. The van der Waals surface area contributed by atoms with Gasteiger partial charge in [0.25, 0.3) is 0 Å². The van der Waals surface area contributed by atoms with Crippen molar-refractivity contribution < 1.29 is 0 Å². The van der Waals surface area contributed by atoms with E-state index < -0.39 is 0 Å². The Labute approximate surface area is 112 Å². The molecule has 3 heterocycles. The zero-order chi connectivity index (χ0) is 13.6. The summed E-state index contributed by atoms with van der Waals surface area (Å²) in [5.41, 5.74) is 5.39. The predicted molar refractivity (Wildman–Crippen MR) is 73.3 cm³/mol. The third-order valence-corrected chi connectivity index (χ3v) is 3.49. The molecule has 0 atom stereocenters. The van der Waals surface area contributed by atoms with Gasteiger partial charge < -0.3 is 4.57 Å². The molecule has 0 N–H and O–H groups in total. The molecule has 0 saturated carbocycles. The van der Waals surface area contributed by atoms with Crippen molar-refractivity contribution in [3.05, 3.63) is 47.1 Å². The Kier molecular flexibility index (Phi) is 2.62. The van der Waals surface area contributed by atoms with Crippen LogP contribution in [0.5, 0.6) is 0 Å². The van der Waals surface area contributed by atoms with Crippen molar-refractivity contribution in [3.63, 3.8) is 0 Å². The monoisotopic (exact) mass is 255 g/mol. The van der Waals surface area contributed by atoms with Gasteiger partial charge in [-0.2, -0.15) is 0 Å². The maximum atomic E-state index is 4.58. The van der Waals surface area contributed by atoms with E-state index in [1.807, 2.05) is 30.8 Å². The highest BCUT2D eigenvalue weighted by atomic mass is 15.1. The van der Waals surface area contributed by atoms with Gasteiger partial charge in [0, 0.05) is 23.3 Å². The number of hydrogen-bond donors (Lipinski definition) is 0. The second-order valence-electron chi connectivity index (χ2n) is 4.98. The van der Waals surface area contributed by atoms with E-state index in [0.29, 0.717) is 0 Å². The van der Waals surface area contributed by atoms with Gasteiger partial charge in [-0.15, -0.1) is 0 Å². The molecule has 0 radical (unpaired) electrons. The molecule has 19 heavy (non-hydrogen) atoms. The van der Waals surface area contributed by atoms with Crippen LogP contribution >= 0.6 is 0 Å². The molecular weight excluding hydrogens is 238 g/mol. The van der Waals surface area contributed by atoms with Crippen LogP contribution in [0.3, 0.4) is 0 Å². The number of nitrogens with zero attached hydrogens (tertiary/aromatic N) is 5. The number of fused-ring (bicyclic) bond motifs is 1. The fourth-order valence-corrected chi connectivity index (χ4v) is 2.27. The molecule has 5 heteroatoms. The summed E-state index contributed by atoms with van der Waals surface area (Å²) in [6.07, 6.45) is 3.91. The summed E-state index contributed by atoms with van der Waals surface area (Å²) in [5, 5.41) is 0. The Morgan fingerprint density at radius 1 is 1.11 bits per heavy atom. The smallest absolute Gasteiger partial charge is 0.234 e. The van der Waals surface area contributed by atoms with Gasteiger partial charge in [-0.05, 0) is 33.8 Å². The van der Waals surface area contributed by atoms with Crippen LogP contribution in [0.25, 0.3) is 5.78 Å². The zero-order valence-electron chi connectivity index (χ0n) is 11.7. The molecule has 0 saturated heterocycles. The largest absolute Gasteiger partial charge is 0.329 e. The fraction of sp³-hybridized carbons (Fsp3) is 0.357. The van der Waals surface area contributed by atoms with E-state index in [1.165, 1.54) is 5.69 Å². The van der Waals surface area contributed by atoms with E-state index >= 15 is 0 Å². The minimum Gasteiger partial charge on any atom is -0.329 e. The molecular formula is C14H17N5. The Morgan fingerprint density at radius 2 is 1.89 bits per heavy atom. The summed E-state index contributed by atoms with van der Waals surface area (Å²) in [5.74, 6) is 0.766. The number of imidazole rings is 2. The molecule has 5 nitrogen and oxygen atoms in total. The first-order chi connectivity index (χ1) is 9.04. The summed E-state index contributed by atoms with van der Waals surface area (Å²) in [6, 6.07) is 2.06. The number of aryl methyl sites for hydroxylation is 3. The summed E-state index contributed by atoms with van der Waals surface area (Å²) in [7, 11) is 0. The summed E-state index contributed by atoms with van der Waals surface area (Å²) in [6.45, 7) is 8.88. The van der Waals surface area contributed by atoms with Crippen molar-refractivity contribution in [2.75, 3.05) is 0 Å². The lowest BCUT2D eigenvalue weighted by Gasteiger charge is -2.01. The van der Waals surface area contributed by atoms with Gasteiger partial charge in [-0.25, -0.2) is 15.0 Å². The Hall–Kier alpha value is -2.17. The summed E-state index contributed by atoms with van der Waals surface area (Å²) >= 11 is 0. The van der Waals surface area contributed by atoms with Crippen LogP contribution in [-0.4, -0.2) is 23.9 Å². The topological polar surface area (TPSA) is 48.0 Å². The summed E-state index contributed by atoms with van der Waals surface area (Å²) < 4.78 is 4.14. The van der Waals surface area contributed by atoms with E-state index in [9.17, 15) is 0 Å². The van der Waals surface area contributed by atoms with Crippen LogP contribution < -0.4 is 0 Å². The molecule has 3 aromatic rings. The first-order valence-electron chi connectivity index (χ1n) is 6.35. The lowest BCUT2D eigenvalue weighted by atomic mass is 10.3. The normalized spacial score (nSPS) is 11.4. The van der Waals surface area contributed by atoms with Crippen molar-refractivity contribution in [2.45, 2.75) is 34.2 Å². The van der Waals surface area contributed by atoms with E-state index in [0.717, 1.165) is 35.1 Å². The van der Waals surface area contributed by atoms with Crippen molar-refractivity contribution >= 4 is 5.78 Å². The quantitative estimate of drug-likeness (QED) is 0.705. The Balaban J connectivity index is 2.02. The molecule has 0 fully saturated rings. The maximum absolute atomic E-state index is 4.58. The van der Waals surface area contributed by atoms with Crippen LogP contribution in [-0.2, 0) is 6.54 Å². The van der Waals surface area contributed by atoms with Crippen molar-refractivity contribution in [2.24, 2.45) is 0 Å². The van der Waals surface area contributed by atoms with Crippen LogP contribution in [0.15, 0.2) is 18.6 Å². The maximum Gasteiger partial charge on any atom is 0.234 e. The second kappa shape index (κ2) is 4.19. The molecule has 0 aliphatic heterocycles. The Bertz CT molecular complexity index is 751. The molecule has 0 unspecified atom stereocenters. The molecule has 3 rings (SSSR count). The van der Waals surface area contributed by atoms with E-state index in [-0.39, 0.29) is 0 Å². The molecule has 0 aromatic carbocycles. The van der Waals surface area contributed by atoms with Crippen LogP contribution in [0.4, 0.5) is 0 Å². The molecule has 0 bridgehead atoms. The van der Waals surface area contributed by atoms with E-state index in [1.54, 1.807) is 0 Å². The molecule has 98 valence electrons. The van der Waals surface area contributed by atoms with Crippen molar-refractivity contribution in [1.29, 1.82) is 0 Å². The molecule has 3 aromatic heterocycles. The first-order valence-corrected chi connectivity index (χ1v) is 6.35. The van der Waals surface area contributed by atoms with Crippen LogP contribution in [0.1, 0.15) is 28.5 Å². The van der Waals surface area contributed by atoms with Gasteiger partial charge in [0.2, 0.25) is 5.78 Å². The minimum absolute atomic E-state index is 0.731. The Morgan fingerprint density at radius 3 is 2.58 bits per heavy atom. The van der Waals surface area contributed by atoms with Crippen LogP contribution in [0.2, 0.25) is 0 Å². The standard InChI is InChI=1S/C14H17N5/c1-9-5-10(2)19-7-13(17-14(19)16-9)6-18-8-15-11(3)12(18)4/h5,7-8H,6H2,1-4H3. The molecule has 0 amide bonds. The molecule has 0 spiro atoms. The van der Waals surface area contributed by atoms with Gasteiger partial charge >= 0.3 is 0 Å². The van der Waals surface area contributed by atoms with Gasteiger partial charge in [0.15, 0.2) is 0 Å². The molecule has 0 aliphatic rings. The SMILES string of the molecule is Cc1cc(C)n2cc(Cn3cnc(C)c3C)nc2n1. The number of rotatable bonds is 2. The second-order valence-corrected chi connectivity index (χ2v) is 4.98. The van der Waals surface area contributed by atoms with Gasteiger partial charge in [0.05, 0.1) is 24.3 Å². The average Bonchev–Trinajstić information content (AvgIpc) is 2.88. The lowest BCUT2D eigenvalue weighted by molar-refractivity contribution is 0.752. The molecule has 0 aliphatic carbocycles. The van der Waals surface area contributed by atoms with Crippen molar-refractivity contribution in [3.8, 4) is 0 Å². The highest BCUT2D eigenvalue weighted by molar-refractivity contribution is 5.34. The third-order valence-electron chi connectivity index (χ3n) is 3.49. The summed E-state index contributed by atoms with van der Waals surface area (Å²) in [4.78, 5) is 13.3. The predicted octanol–water partition coefficient (Wildman–Crippen LogP) is 2.21. The number of hydrogen-bond acceptors (Lipinski definition) is 3. The van der Waals surface area contributed by atoms with Gasteiger partial charge in [0.1, 0.15) is 0 Å².